The molecular weight excluding hydrogens is 422 g/mol. The van der Waals surface area contributed by atoms with Crippen LogP contribution in [0.15, 0.2) is 42.7 Å². The minimum absolute atomic E-state index is 0.0118. The minimum Gasteiger partial charge on any atom is -0.487 e. The van der Waals surface area contributed by atoms with E-state index in [1.165, 1.54) is 0 Å². The maximum Gasteiger partial charge on any atom is 0.224 e. The van der Waals surface area contributed by atoms with E-state index in [4.69, 9.17) is 9.47 Å². The fraction of sp³-hybridized carbons (Fsp3) is 0.480. The zero-order valence-corrected chi connectivity index (χ0v) is 18.4. The molecule has 2 aromatic rings. The Morgan fingerprint density at radius 3 is 2.79 bits per heavy atom. The maximum absolute atomic E-state index is 12.5. The third-order valence-electron chi connectivity index (χ3n) is 6.58. The van der Waals surface area contributed by atoms with Gasteiger partial charge in [-0.3, -0.25) is 14.6 Å². The van der Waals surface area contributed by atoms with Gasteiger partial charge in [0.15, 0.2) is 0 Å². The zero-order chi connectivity index (χ0) is 22.8. The molecule has 2 amide bonds. The molecule has 3 aliphatic rings. The van der Waals surface area contributed by atoms with Crippen molar-refractivity contribution in [3.05, 3.63) is 53.9 Å². The molecule has 3 heterocycles. The lowest BCUT2D eigenvalue weighted by Gasteiger charge is -2.37. The van der Waals surface area contributed by atoms with Crippen molar-refractivity contribution >= 4 is 17.5 Å². The number of carbonyl (C=O) groups excluding carboxylic acids is 2. The number of nitrogens with one attached hydrogen (secondary N) is 2. The zero-order valence-electron chi connectivity index (χ0n) is 18.4. The second-order valence-electron chi connectivity index (χ2n) is 9.19. The van der Waals surface area contributed by atoms with Crippen LogP contribution in [0, 0.1) is 5.92 Å². The molecule has 1 saturated heterocycles. The van der Waals surface area contributed by atoms with Crippen molar-refractivity contribution in [2.45, 2.75) is 62.9 Å². The highest BCUT2D eigenvalue weighted by Crippen LogP contribution is 2.47. The van der Waals surface area contributed by atoms with Crippen molar-refractivity contribution < 1.29 is 24.2 Å². The SMILES string of the molecule is O=C(C[C@@H]1C[C@H]2c3cc(NC(=O)CC4CC4)ccc3O[C@H]2[C@H](CO)O1)NCc1cccnc1. The van der Waals surface area contributed by atoms with Crippen molar-refractivity contribution in [2.24, 2.45) is 5.92 Å². The van der Waals surface area contributed by atoms with Crippen LogP contribution in [-0.2, 0) is 20.9 Å². The Balaban J connectivity index is 1.24. The van der Waals surface area contributed by atoms with Gasteiger partial charge >= 0.3 is 0 Å². The summed E-state index contributed by atoms with van der Waals surface area (Å²) in [4.78, 5) is 28.8. The molecule has 0 radical (unpaired) electrons. The van der Waals surface area contributed by atoms with Crippen molar-refractivity contribution in [1.82, 2.24) is 10.3 Å². The summed E-state index contributed by atoms with van der Waals surface area (Å²) in [6, 6.07) is 9.41. The molecule has 33 heavy (non-hydrogen) atoms. The van der Waals surface area contributed by atoms with Crippen LogP contribution >= 0.6 is 0 Å². The molecule has 1 aromatic heterocycles. The van der Waals surface area contributed by atoms with Crippen LogP contribution in [0.25, 0.3) is 0 Å². The molecular formula is C25H29N3O5. The minimum atomic E-state index is -0.514. The Morgan fingerprint density at radius 2 is 2.03 bits per heavy atom. The largest absolute Gasteiger partial charge is 0.487 e. The van der Waals surface area contributed by atoms with Gasteiger partial charge in [0.05, 0.1) is 19.1 Å². The van der Waals surface area contributed by atoms with E-state index in [1.807, 2.05) is 30.3 Å². The monoisotopic (exact) mass is 451 g/mol. The Bertz CT molecular complexity index is 1010. The van der Waals surface area contributed by atoms with Gasteiger partial charge in [-0.25, -0.2) is 0 Å². The molecule has 4 atom stereocenters. The molecule has 3 N–H and O–H groups in total. The highest BCUT2D eigenvalue weighted by Gasteiger charge is 2.46. The highest BCUT2D eigenvalue weighted by atomic mass is 16.6. The van der Waals surface area contributed by atoms with Crippen LogP contribution in [0.2, 0.25) is 0 Å². The molecule has 0 unspecified atom stereocenters. The van der Waals surface area contributed by atoms with Crippen LogP contribution in [0.5, 0.6) is 5.75 Å². The molecule has 0 bridgehead atoms. The molecule has 1 aliphatic carbocycles. The summed E-state index contributed by atoms with van der Waals surface area (Å²) in [7, 11) is 0. The fourth-order valence-corrected chi connectivity index (χ4v) is 4.75. The van der Waals surface area contributed by atoms with E-state index in [0.29, 0.717) is 25.3 Å². The van der Waals surface area contributed by atoms with Gasteiger partial charge in [0, 0.05) is 42.5 Å². The normalized spacial score (nSPS) is 25.5. The summed E-state index contributed by atoms with van der Waals surface area (Å²) in [5.74, 6) is 1.18. The summed E-state index contributed by atoms with van der Waals surface area (Å²) in [6.07, 6.45) is 5.90. The first-order valence-corrected chi connectivity index (χ1v) is 11.6. The Labute approximate surface area is 192 Å². The second kappa shape index (κ2) is 9.49. The number of rotatable bonds is 8. The smallest absolute Gasteiger partial charge is 0.224 e. The number of nitrogens with zero attached hydrogens (tertiary/aromatic N) is 1. The molecule has 2 aliphatic heterocycles. The van der Waals surface area contributed by atoms with Crippen molar-refractivity contribution in [3.8, 4) is 5.75 Å². The van der Waals surface area contributed by atoms with E-state index in [1.54, 1.807) is 12.4 Å². The summed E-state index contributed by atoms with van der Waals surface area (Å²) < 4.78 is 12.1. The summed E-state index contributed by atoms with van der Waals surface area (Å²) in [5.41, 5.74) is 2.67. The van der Waals surface area contributed by atoms with Crippen LogP contribution in [0.3, 0.4) is 0 Å². The second-order valence-corrected chi connectivity index (χ2v) is 9.19. The summed E-state index contributed by atoms with van der Waals surface area (Å²) in [5, 5.41) is 15.8. The first-order valence-electron chi connectivity index (χ1n) is 11.6. The summed E-state index contributed by atoms with van der Waals surface area (Å²) >= 11 is 0. The molecule has 8 nitrogen and oxygen atoms in total. The predicted molar refractivity (Wildman–Crippen MR) is 121 cm³/mol. The van der Waals surface area contributed by atoms with Gasteiger partial charge in [-0.2, -0.15) is 0 Å². The van der Waals surface area contributed by atoms with E-state index in [-0.39, 0.29) is 43.0 Å². The number of aliphatic hydroxyl groups is 1. The number of carbonyl (C=O) groups is 2. The summed E-state index contributed by atoms with van der Waals surface area (Å²) in [6.45, 7) is 0.221. The maximum atomic E-state index is 12.5. The van der Waals surface area contributed by atoms with Gasteiger partial charge in [-0.05, 0) is 55.0 Å². The molecule has 174 valence electrons. The number of amides is 2. The number of aliphatic hydroxyl groups excluding tert-OH is 1. The average Bonchev–Trinajstić information content (AvgIpc) is 3.56. The van der Waals surface area contributed by atoms with Gasteiger partial charge < -0.3 is 25.2 Å². The molecule has 8 heteroatoms. The van der Waals surface area contributed by atoms with E-state index < -0.39 is 6.10 Å². The lowest BCUT2D eigenvalue weighted by Crippen LogP contribution is -2.47. The van der Waals surface area contributed by atoms with Crippen LogP contribution in [0.4, 0.5) is 5.69 Å². The lowest BCUT2D eigenvalue weighted by molar-refractivity contribution is -0.142. The number of hydrogen-bond donors (Lipinski definition) is 3. The molecule has 5 rings (SSSR count). The number of fused-ring (bicyclic) bond motifs is 3. The highest BCUT2D eigenvalue weighted by molar-refractivity contribution is 5.91. The van der Waals surface area contributed by atoms with Crippen molar-refractivity contribution in [1.29, 1.82) is 0 Å². The predicted octanol–water partition coefficient (Wildman–Crippen LogP) is 2.52. The van der Waals surface area contributed by atoms with Gasteiger partial charge in [-0.1, -0.05) is 6.07 Å². The Kier molecular flexibility index (Phi) is 6.28. The number of hydrogen-bond acceptors (Lipinski definition) is 6. The Morgan fingerprint density at radius 1 is 1.15 bits per heavy atom. The van der Waals surface area contributed by atoms with Crippen molar-refractivity contribution in [3.63, 3.8) is 0 Å². The van der Waals surface area contributed by atoms with Crippen molar-refractivity contribution in [2.75, 3.05) is 11.9 Å². The first-order chi connectivity index (χ1) is 16.1. The van der Waals surface area contributed by atoms with E-state index in [9.17, 15) is 14.7 Å². The lowest BCUT2D eigenvalue weighted by atomic mass is 9.84. The van der Waals surface area contributed by atoms with Crippen LogP contribution < -0.4 is 15.4 Å². The fourth-order valence-electron chi connectivity index (χ4n) is 4.75. The first kappa shape index (κ1) is 21.9. The van der Waals surface area contributed by atoms with Gasteiger partial charge in [-0.15, -0.1) is 0 Å². The molecule has 1 saturated carbocycles. The molecule has 0 spiro atoms. The average molecular weight is 452 g/mol. The third-order valence-corrected chi connectivity index (χ3v) is 6.58. The quantitative estimate of drug-likeness (QED) is 0.569. The Hall–Kier alpha value is -2.97. The number of pyridine rings is 1. The number of ether oxygens (including phenoxy) is 2. The standard InChI is InChI=1S/C25H29N3O5/c29-14-22-25-20(10-18(32-22)11-23(30)27-13-16-2-1-7-26-12-16)19-9-17(5-6-21(19)33-25)28-24(31)8-15-3-4-15/h1-2,5-7,9,12,15,18,20,22,25,29H,3-4,8,10-11,13-14H2,(H,27,30)(H,28,31)/t18-,20-,22-,25+/m0/s1. The van der Waals surface area contributed by atoms with Crippen LogP contribution in [0.1, 0.15) is 49.1 Å². The molecule has 2 fully saturated rings. The number of benzene rings is 1. The number of anilines is 1. The third kappa shape index (κ3) is 5.17. The van der Waals surface area contributed by atoms with E-state index in [0.717, 1.165) is 35.4 Å². The van der Waals surface area contributed by atoms with Gasteiger partial charge in [0.25, 0.3) is 0 Å². The van der Waals surface area contributed by atoms with Crippen LogP contribution in [-0.4, -0.2) is 46.8 Å². The van der Waals surface area contributed by atoms with E-state index >= 15 is 0 Å². The van der Waals surface area contributed by atoms with Gasteiger partial charge in [0.1, 0.15) is 18.0 Å². The van der Waals surface area contributed by atoms with E-state index in [2.05, 4.69) is 15.6 Å². The molecule has 1 aromatic carbocycles. The van der Waals surface area contributed by atoms with Gasteiger partial charge in [0.2, 0.25) is 11.8 Å². The topological polar surface area (TPSA) is 110 Å². The number of aromatic nitrogens is 1.